The summed E-state index contributed by atoms with van der Waals surface area (Å²) in [6, 6.07) is 3.51. The van der Waals surface area contributed by atoms with Gasteiger partial charge in [-0.1, -0.05) is 6.42 Å². The van der Waals surface area contributed by atoms with Crippen molar-refractivity contribution in [1.82, 2.24) is 15.1 Å². The van der Waals surface area contributed by atoms with E-state index in [9.17, 15) is 9.90 Å². The molecule has 0 saturated heterocycles. The Morgan fingerprint density at radius 1 is 1.62 bits per heavy atom. The SMILES string of the molecule is Cc1cc(NC(=O)NCC2CCCC2O)nn1CCC#N. The molecule has 0 aliphatic heterocycles. The maximum atomic E-state index is 11.8. The molecule has 2 rings (SSSR count). The molecule has 2 amide bonds. The number of carbonyl (C=O) groups excluding carboxylic acids is 1. The Labute approximate surface area is 123 Å². The summed E-state index contributed by atoms with van der Waals surface area (Å²) in [5, 5.41) is 27.9. The van der Waals surface area contributed by atoms with Crippen LogP contribution < -0.4 is 10.6 Å². The van der Waals surface area contributed by atoms with Crippen molar-refractivity contribution in [3.05, 3.63) is 11.8 Å². The molecule has 7 heteroatoms. The Morgan fingerprint density at radius 2 is 2.43 bits per heavy atom. The van der Waals surface area contributed by atoms with E-state index >= 15 is 0 Å². The third kappa shape index (κ3) is 4.20. The van der Waals surface area contributed by atoms with Crippen molar-refractivity contribution < 1.29 is 9.90 Å². The lowest BCUT2D eigenvalue weighted by Gasteiger charge is -2.14. The van der Waals surface area contributed by atoms with Crippen LogP contribution in [0.15, 0.2) is 6.07 Å². The number of nitrogens with zero attached hydrogens (tertiary/aromatic N) is 3. The van der Waals surface area contributed by atoms with Gasteiger partial charge < -0.3 is 10.4 Å². The molecule has 3 N–H and O–H groups in total. The number of carbonyl (C=O) groups is 1. The van der Waals surface area contributed by atoms with Crippen LogP contribution in [0.2, 0.25) is 0 Å². The van der Waals surface area contributed by atoms with Gasteiger partial charge in [0, 0.05) is 24.2 Å². The van der Waals surface area contributed by atoms with E-state index in [1.807, 2.05) is 6.92 Å². The highest BCUT2D eigenvalue weighted by atomic mass is 16.3. The first-order chi connectivity index (χ1) is 10.1. The normalized spacial score (nSPS) is 21.0. The zero-order valence-corrected chi connectivity index (χ0v) is 12.2. The van der Waals surface area contributed by atoms with Crippen molar-refractivity contribution >= 4 is 11.8 Å². The van der Waals surface area contributed by atoms with Crippen molar-refractivity contribution in [3.63, 3.8) is 0 Å². The van der Waals surface area contributed by atoms with Crippen LogP contribution in [0.4, 0.5) is 10.6 Å². The van der Waals surface area contributed by atoms with E-state index in [4.69, 9.17) is 5.26 Å². The first-order valence-corrected chi connectivity index (χ1v) is 7.24. The summed E-state index contributed by atoms with van der Waals surface area (Å²) in [6.45, 7) is 2.86. The zero-order valence-electron chi connectivity index (χ0n) is 12.2. The molecule has 2 unspecified atom stereocenters. The average molecular weight is 291 g/mol. The van der Waals surface area contributed by atoms with Crippen LogP contribution in [0.1, 0.15) is 31.4 Å². The number of anilines is 1. The largest absolute Gasteiger partial charge is 0.393 e. The Bertz CT molecular complexity index is 534. The van der Waals surface area contributed by atoms with Gasteiger partial charge >= 0.3 is 6.03 Å². The molecule has 1 aromatic rings. The fourth-order valence-corrected chi connectivity index (χ4v) is 2.59. The van der Waals surface area contributed by atoms with E-state index in [-0.39, 0.29) is 18.1 Å². The van der Waals surface area contributed by atoms with E-state index in [0.717, 1.165) is 25.0 Å². The predicted molar refractivity (Wildman–Crippen MR) is 77.6 cm³/mol. The van der Waals surface area contributed by atoms with Crippen molar-refractivity contribution in [3.8, 4) is 6.07 Å². The van der Waals surface area contributed by atoms with E-state index in [0.29, 0.717) is 25.3 Å². The third-order valence-corrected chi connectivity index (χ3v) is 3.80. The van der Waals surface area contributed by atoms with Gasteiger partial charge in [-0.2, -0.15) is 10.4 Å². The van der Waals surface area contributed by atoms with E-state index in [1.165, 1.54) is 0 Å². The van der Waals surface area contributed by atoms with Gasteiger partial charge in [-0.25, -0.2) is 4.79 Å². The molecule has 1 aliphatic rings. The number of aliphatic hydroxyl groups is 1. The van der Waals surface area contributed by atoms with Crippen LogP contribution >= 0.6 is 0 Å². The summed E-state index contributed by atoms with van der Waals surface area (Å²) < 4.78 is 1.69. The fourth-order valence-electron chi connectivity index (χ4n) is 2.59. The molecule has 1 saturated carbocycles. The van der Waals surface area contributed by atoms with Crippen LogP contribution in [0.25, 0.3) is 0 Å². The predicted octanol–water partition coefficient (Wildman–Crippen LogP) is 1.39. The second-order valence-electron chi connectivity index (χ2n) is 5.40. The molecule has 2 atom stereocenters. The average Bonchev–Trinajstić information content (AvgIpc) is 3.00. The minimum absolute atomic E-state index is 0.144. The fraction of sp³-hybridized carbons (Fsp3) is 0.643. The number of nitriles is 1. The number of aryl methyl sites for hydroxylation is 2. The maximum absolute atomic E-state index is 11.8. The smallest absolute Gasteiger partial charge is 0.320 e. The van der Waals surface area contributed by atoms with Gasteiger partial charge in [0.2, 0.25) is 0 Å². The van der Waals surface area contributed by atoms with Gasteiger partial charge in [0.05, 0.1) is 25.1 Å². The molecule has 0 radical (unpaired) electrons. The molecule has 1 heterocycles. The molecule has 0 bridgehead atoms. The number of aliphatic hydroxyl groups excluding tert-OH is 1. The van der Waals surface area contributed by atoms with Crippen molar-refractivity contribution in [2.45, 2.75) is 45.3 Å². The summed E-state index contributed by atoms with van der Waals surface area (Å²) in [4.78, 5) is 11.8. The van der Waals surface area contributed by atoms with Gasteiger partial charge in [-0.05, 0) is 19.8 Å². The molecule has 1 aliphatic carbocycles. The van der Waals surface area contributed by atoms with Crippen molar-refractivity contribution in [2.24, 2.45) is 5.92 Å². The third-order valence-electron chi connectivity index (χ3n) is 3.80. The van der Waals surface area contributed by atoms with E-state index in [2.05, 4.69) is 21.8 Å². The van der Waals surface area contributed by atoms with Gasteiger partial charge in [0.1, 0.15) is 0 Å². The lowest BCUT2D eigenvalue weighted by molar-refractivity contribution is 0.133. The minimum atomic E-state index is -0.320. The summed E-state index contributed by atoms with van der Waals surface area (Å²) in [7, 11) is 0. The minimum Gasteiger partial charge on any atom is -0.393 e. The zero-order chi connectivity index (χ0) is 15.2. The van der Waals surface area contributed by atoms with E-state index < -0.39 is 0 Å². The summed E-state index contributed by atoms with van der Waals surface area (Å²) in [5.74, 6) is 0.612. The molecule has 1 aromatic heterocycles. The molecule has 7 nitrogen and oxygen atoms in total. The van der Waals surface area contributed by atoms with Gasteiger partial charge in [0.15, 0.2) is 5.82 Å². The van der Waals surface area contributed by atoms with E-state index in [1.54, 1.807) is 10.7 Å². The number of rotatable bonds is 5. The molecule has 0 aromatic carbocycles. The van der Waals surface area contributed by atoms with Crippen molar-refractivity contribution in [2.75, 3.05) is 11.9 Å². The highest BCUT2D eigenvalue weighted by Crippen LogP contribution is 2.24. The van der Waals surface area contributed by atoms with Gasteiger partial charge in [-0.15, -0.1) is 0 Å². The summed E-state index contributed by atoms with van der Waals surface area (Å²) in [6.07, 6.45) is 2.85. The van der Waals surface area contributed by atoms with Crippen LogP contribution in [-0.4, -0.2) is 33.6 Å². The highest BCUT2D eigenvalue weighted by Gasteiger charge is 2.25. The second kappa shape index (κ2) is 7.09. The first kappa shape index (κ1) is 15.3. The number of amides is 2. The second-order valence-corrected chi connectivity index (χ2v) is 5.40. The number of hydrogen-bond donors (Lipinski definition) is 3. The lowest BCUT2D eigenvalue weighted by Crippen LogP contribution is -2.35. The molecule has 21 heavy (non-hydrogen) atoms. The lowest BCUT2D eigenvalue weighted by atomic mass is 10.1. The van der Waals surface area contributed by atoms with Crippen LogP contribution in [0, 0.1) is 24.2 Å². The van der Waals surface area contributed by atoms with Crippen LogP contribution in [-0.2, 0) is 6.54 Å². The van der Waals surface area contributed by atoms with Crippen molar-refractivity contribution in [1.29, 1.82) is 5.26 Å². The highest BCUT2D eigenvalue weighted by molar-refractivity contribution is 5.88. The Balaban J connectivity index is 1.81. The molecule has 114 valence electrons. The molecular weight excluding hydrogens is 270 g/mol. The Hall–Kier alpha value is -2.07. The quantitative estimate of drug-likeness (QED) is 0.762. The Morgan fingerprint density at radius 3 is 3.10 bits per heavy atom. The first-order valence-electron chi connectivity index (χ1n) is 7.24. The molecule has 1 fully saturated rings. The van der Waals surface area contributed by atoms with Gasteiger partial charge in [-0.3, -0.25) is 10.00 Å². The standard InChI is InChI=1S/C14H21N5O2/c1-10-8-13(18-19(10)7-3-6-15)17-14(21)16-9-11-4-2-5-12(11)20/h8,11-12,20H,2-5,7,9H2,1H3,(H2,16,17,18,21). The number of nitrogens with one attached hydrogen (secondary N) is 2. The monoisotopic (exact) mass is 291 g/mol. The number of aromatic nitrogens is 2. The van der Waals surface area contributed by atoms with Crippen LogP contribution in [0.3, 0.4) is 0 Å². The van der Waals surface area contributed by atoms with Gasteiger partial charge in [0.25, 0.3) is 0 Å². The summed E-state index contributed by atoms with van der Waals surface area (Å²) in [5.41, 5.74) is 0.895. The number of hydrogen-bond acceptors (Lipinski definition) is 4. The molecule has 0 spiro atoms. The topological polar surface area (TPSA) is 103 Å². The number of urea groups is 1. The maximum Gasteiger partial charge on any atom is 0.320 e. The summed E-state index contributed by atoms with van der Waals surface area (Å²) >= 11 is 0. The molecular formula is C14H21N5O2. The Kier molecular flexibility index (Phi) is 5.17. The van der Waals surface area contributed by atoms with Crippen LogP contribution in [0.5, 0.6) is 0 Å².